The normalized spacial score (nSPS) is 10.4. The molecular weight excluding hydrogens is 244 g/mol. The van der Waals surface area contributed by atoms with Crippen LogP contribution in [0.1, 0.15) is 19.4 Å². The molecule has 0 saturated carbocycles. The molecule has 0 spiro atoms. The van der Waals surface area contributed by atoms with Crippen molar-refractivity contribution >= 4 is 6.16 Å². The lowest BCUT2D eigenvalue weighted by Crippen LogP contribution is -2.27. The summed E-state index contributed by atoms with van der Waals surface area (Å²) in [5.74, 6) is 0. The molecule has 1 aromatic carbocycles. The molecule has 0 aliphatic rings. The third kappa shape index (κ3) is 5.25. The fourth-order valence-corrected chi connectivity index (χ4v) is 1.80. The second-order valence-electron chi connectivity index (χ2n) is 4.73. The molecule has 5 heteroatoms. The molecule has 0 amide bonds. The van der Waals surface area contributed by atoms with Crippen molar-refractivity contribution in [1.29, 1.82) is 0 Å². The minimum absolute atomic E-state index is 0.0812. The predicted molar refractivity (Wildman–Crippen MR) is 72.3 cm³/mol. The fourth-order valence-electron chi connectivity index (χ4n) is 1.80. The van der Waals surface area contributed by atoms with Gasteiger partial charge in [-0.15, -0.1) is 0 Å². The van der Waals surface area contributed by atoms with Gasteiger partial charge in [-0.25, -0.2) is 9.78 Å². The van der Waals surface area contributed by atoms with E-state index in [0.717, 1.165) is 6.42 Å². The Bertz CT molecular complexity index is 489. The zero-order chi connectivity index (χ0) is 14.3. The van der Waals surface area contributed by atoms with Gasteiger partial charge in [0.2, 0.25) is 0 Å². The van der Waals surface area contributed by atoms with Crippen molar-refractivity contribution in [3.8, 4) is 0 Å². The van der Waals surface area contributed by atoms with E-state index in [4.69, 9.17) is 15.0 Å². The molecule has 0 radical (unpaired) electrons. The first-order chi connectivity index (χ1) is 8.92. The quantitative estimate of drug-likeness (QED) is 0.891. The summed E-state index contributed by atoms with van der Waals surface area (Å²) < 4.78 is 2.15. The number of rotatable bonds is 3. The van der Waals surface area contributed by atoms with Crippen LogP contribution >= 0.6 is 0 Å². The molecule has 2 N–H and O–H groups in total. The standard InChI is InChI=1S/C13H16N2.CH2O3/c1-13(2,15-9-8-14-11-15)10-12-6-4-3-5-7-12;2-1(3)4/h3-9,11H,10H2,1-2H3;(H2,2,3,4). The Kier molecular flexibility index (Phi) is 5.11. The van der Waals surface area contributed by atoms with E-state index in [-0.39, 0.29) is 5.54 Å². The van der Waals surface area contributed by atoms with Gasteiger partial charge in [-0.1, -0.05) is 30.3 Å². The van der Waals surface area contributed by atoms with Gasteiger partial charge in [0, 0.05) is 17.9 Å². The van der Waals surface area contributed by atoms with E-state index in [1.807, 2.05) is 24.8 Å². The van der Waals surface area contributed by atoms with Crippen LogP contribution in [0.2, 0.25) is 0 Å². The molecule has 0 aliphatic heterocycles. The van der Waals surface area contributed by atoms with E-state index in [1.54, 1.807) is 0 Å². The Morgan fingerprint density at radius 1 is 1.26 bits per heavy atom. The second kappa shape index (κ2) is 6.58. The lowest BCUT2D eigenvalue weighted by atomic mass is 9.95. The highest BCUT2D eigenvalue weighted by atomic mass is 16.6. The monoisotopic (exact) mass is 262 g/mol. The van der Waals surface area contributed by atoms with Crippen LogP contribution in [-0.4, -0.2) is 25.9 Å². The average molecular weight is 262 g/mol. The molecule has 2 aromatic rings. The first-order valence-corrected chi connectivity index (χ1v) is 5.86. The number of aromatic nitrogens is 2. The van der Waals surface area contributed by atoms with E-state index < -0.39 is 6.16 Å². The highest BCUT2D eigenvalue weighted by molar-refractivity contribution is 5.53. The molecule has 102 valence electrons. The van der Waals surface area contributed by atoms with E-state index in [0.29, 0.717) is 0 Å². The lowest BCUT2D eigenvalue weighted by Gasteiger charge is -2.26. The highest BCUT2D eigenvalue weighted by Crippen LogP contribution is 2.20. The third-order valence-electron chi connectivity index (χ3n) is 2.68. The molecule has 5 nitrogen and oxygen atoms in total. The van der Waals surface area contributed by atoms with Crippen LogP contribution in [0, 0.1) is 0 Å². The maximum Gasteiger partial charge on any atom is 0.503 e. The number of hydrogen-bond acceptors (Lipinski definition) is 2. The predicted octanol–water partition coefficient (Wildman–Crippen LogP) is 3.08. The van der Waals surface area contributed by atoms with Gasteiger partial charge < -0.3 is 14.8 Å². The summed E-state index contributed by atoms with van der Waals surface area (Å²) in [7, 11) is 0. The number of imidazole rings is 1. The zero-order valence-corrected chi connectivity index (χ0v) is 11.0. The van der Waals surface area contributed by atoms with Gasteiger partial charge in [-0.3, -0.25) is 0 Å². The van der Waals surface area contributed by atoms with E-state index in [9.17, 15) is 0 Å². The molecule has 0 aliphatic carbocycles. The van der Waals surface area contributed by atoms with Crippen molar-refractivity contribution in [3.63, 3.8) is 0 Å². The van der Waals surface area contributed by atoms with Gasteiger partial charge in [0.15, 0.2) is 0 Å². The largest absolute Gasteiger partial charge is 0.503 e. The van der Waals surface area contributed by atoms with Crippen molar-refractivity contribution in [1.82, 2.24) is 9.55 Å². The smallest absolute Gasteiger partial charge is 0.450 e. The van der Waals surface area contributed by atoms with Crippen LogP contribution < -0.4 is 0 Å². The van der Waals surface area contributed by atoms with Crippen LogP contribution in [-0.2, 0) is 12.0 Å². The summed E-state index contributed by atoms with van der Waals surface area (Å²) in [6.45, 7) is 4.45. The summed E-state index contributed by atoms with van der Waals surface area (Å²) >= 11 is 0. The van der Waals surface area contributed by atoms with Crippen LogP contribution in [0.25, 0.3) is 0 Å². The molecule has 0 fully saturated rings. The van der Waals surface area contributed by atoms with Crippen LogP contribution in [0.15, 0.2) is 49.1 Å². The van der Waals surface area contributed by atoms with Crippen molar-refractivity contribution in [2.45, 2.75) is 25.8 Å². The Morgan fingerprint density at radius 3 is 2.32 bits per heavy atom. The molecule has 0 unspecified atom stereocenters. The van der Waals surface area contributed by atoms with Crippen LogP contribution in [0.5, 0.6) is 0 Å². The Morgan fingerprint density at radius 2 is 1.84 bits per heavy atom. The number of carbonyl (C=O) groups is 1. The molecule has 0 atom stereocenters. The van der Waals surface area contributed by atoms with Crippen LogP contribution in [0.4, 0.5) is 4.79 Å². The van der Waals surface area contributed by atoms with E-state index in [1.165, 1.54) is 5.56 Å². The minimum Gasteiger partial charge on any atom is -0.450 e. The Balaban J connectivity index is 0.000000399. The van der Waals surface area contributed by atoms with Gasteiger partial charge in [0.1, 0.15) is 0 Å². The van der Waals surface area contributed by atoms with Crippen molar-refractivity contribution in [2.24, 2.45) is 0 Å². The molecule has 1 heterocycles. The number of carboxylic acid groups (broad SMARTS) is 2. The number of nitrogens with zero attached hydrogens (tertiary/aromatic N) is 2. The summed E-state index contributed by atoms with van der Waals surface area (Å²) in [5, 5.41) is 13.9. The highest BCUT2D eigenvalue weighted by Gasteiger charge is 2.19. The van der Waals surface area contributed by atoms with Gasteiger partial charge >= 0.3 is 6.16 Å². The number of hydrogen-bond donors (Lipinski definition) is 2. The van der Waals surface area contributed by atoms with Crippen molar-refractivity contribution in [2.75, 3.05) is 0 Å². The second-order valence-corrected chi connectivity index (χ2v) is 4.73. The van der Waals surface area contributed by atoms with Gasteiger partial charge in [-0.2, -0.15) is 0 Å². The lowest BCUT2D eigenvalue weighted by molar-refractivity contribution is 0.137. The maximum atomic E-state index is 8.56. The van der Waals surface area contributed by atoms with E-state index in [2.05, 4.69) is 47.7 Å². The van der Waals surface area contributed by atoms with Crippen molar-refractivity contribution < 1.29 is 15.0 Å². The van der Waals surface area contributed by atoms with Gasteiger partial charge in [0.05, 0.1) is 6.33 Å². The summed E-state index contributed by atoms with van der Waals surface area (Å²) in [6, 6.07) is 10.5. The molecule has 0 saturated heterocycles. The van der Waals surface area contributed by atoms with Gasteiger partial charge in [-0.05, 0) is 25.8 Å². The first kappa shape index (κ1) is 14.8. The summed E-state index contributed by atoms with van der Waals surface area (Å²) in [6.07, 6.45) is 4.91. The fraction of sp³-hybridized carbons (Fsp3) is 0.286. The first-order valence-electron chi connectivity index (χ1n) is 5.86. The zero-order valence-electron chi connectivity index (χ0n) is 11.0. The maximum absolute atomic E-state index is 8.56. The van der Waals surface area contributed by atoms with E-state index >= 15 is 0 Å². The SMILES string of the molecule is CC(C)(Cc1ccccc1)n1ccnc1.O=C(O)O. The Hall–Kier alpha value is -2.30. The molecule has 19 heavy (non-hydrogen) atoms. The van der Waals surface area contributed by atoms with Crippen molar-refractivity contribution in [3.05, 3.63) is 54.6 Å². The molecule has 2 rings (SSSR count). The van der Waals surface area contributed by atoms with Gasteiger partial charge in [0.25, 0.3) is 0 Å². The molecule has 1 aromatic heterocycles. The average Bonchev–Trinajstić information content (AvgIpc) is 2.83. The number of benzene rings is 1. The topological polar surface area (TPSA) is 75.4 Å². The summed E-state index contributed by atoms with van der Waals surface area (Å²) in [4.78, 5) is 12.6. The third-order valence-corrected chi connectivity index (χ3v) is 2.68. The summed E-state index contributed by atoms with van der Waals surface area (Å²) in [5.41, 5.74) is 1.44. The Labute approximate surface area is 112 Å². The molecular formula is C14H18N2O3. The minimum atomic E-state index is -1.83. The molecule has 0 bridgehead atoms. The van der Waals surface area contributed by atoms with Crippen LogP contribution in [0.3, 0.4) is 0 Å².